The Kier molecular flexibility index (Phi) is 6.37. The Hall–Kier alpha value is -1.01. The zero-order valence-corrected chi connectivity index (χ0v) is 13.0. The fourth-order valence-corrected chi connectivity index (χ4v) is 2.42. The monoisotopic (exact) mass is 286 g/mol. The third kappa shape index (κ3) is 5.24. The number of aryl methyl sites for hydroxylation is 2. The molecule has 1 aromatic heterocycles. The standard InChI is InChI=1S/C13H22N2O3S/c1-6-17-12(16)11(14-8(2)3)7-19-13-15-9(4)10(5)18-13/h8,11,14H,6-7H2,1-5H3. The highest BCUT2D eigenvalue weighted by Gasteiger charge is 2.21. The molecule has 1 unspecified atom stereocenters. The summed E-state index contributed by atoms with van der Waals surface area (Å²) in [6, 6.07) is -0.138. The Balaban J connectivity index is 2.59. The van der Waals surface area contributed by atoms with E-state index in [2.05, 4.69) is 10.3 Å². The molecular weight excluding hydrogens is 264 g/mol. The van der Waals surface area contributed by atoms with Gasteiger partial charge in [-0.3, -0.25) is 4.79 Å². The number of aromatic nitrogens is 1. The molecule has 6 heteroatoms. The number of carbonyl (C=O) groups is 1. The van der Waals surface area contributed by atoms with E-state index in [1.807, 2.05) is 27.7 Å². The molecule has 0 aromatic carbocycles. The van der Waals surface area contributed by atoms with Crippen LogP contribution >= 0.6 is 11.8 Å². The van der Waals surface area contributed by atoms with Crippen molar-refractivity contribution in [3.8, 4) is 0 Å². The number of hydrogen-bond acceptors (Lipinski definition) is 6. The van der Waals surface area contributed by atoms with Crippen LogP contribution in [-0.2, 0) is 9.53 Å². The molecule has 0 saturated carbocycles. The van der Waals surface area contributed by atoms with Gasteiger partial charge in [0.25, 0.3) is 5.22 Å². The molecule has 0 aliphatic carbocycles. The van der Waals surface area contributed by atoms with Gasteiger partial charge in [-0.15, -0.1) is 0 Å². The quantitative estimate of drug-likeness (QED) is 0.613. The molecule has 1 rings (SSSR count). The van der Waals surface area contributed by atoms with Crippen LogP contribution in [0.1, 0.15) is 32.2 Å². The fourth-order valence-electron chi connectivity index (χ4n) is 1.49. The van der Waals surface area contributed by atoms with Crippen LogP contribution in [0.5, 0.6) is 0 Å². The Morgan fingerprint density at radius 2 is 2.16 bits per heavy atom. The van der Waals surface area contributed by atoms with Crippen molar-refractivity contribution < 1.29 is 13.9 Å². The summed E-state index contributed by atoms with van der Waals surface area (Å²) in [5, 5.41) is 3.78. The molecule has 0 amide bonds. The zero-order chi connectivity index (χ0) is 14.4. The van der Waals surface area contributed by atoms with Crippen LogP contribution in [0.25, 0.3) is 0 Å². The molecule has 5 nitrogen and oxygen atoms in total. The van der Waals surface area contributed by atoms with E-state index in [0.29, 0.717) is 17.6 Å². The van der Waals surface area contributed by atoms with Gasteiger partial charge in [0.2, 0.25) is 0 Å². The van der Waals surface area contributed by atoms with Crippen LogP contribution in [0.4, 0.5) is 0 Å². The highest BCUT2D eigenvalue weighted by atomic mass is 32.2. The van der Waals surface area contributed by atoms with Crippen molar-refractivity contribution in [2.45, 2.75) is 51.9 Å². The third-order valence-corrected chi connectivity index (χ3v) is 3.41. The number of oxazole rings is 1. The second kappa shape index (κ2) is 7.55. The smallest absolute Gasteiger partial charge is 0.324 e. The van der Waals surface area contributed by atoms with Gasteiger partial charge in [-0.1, -0.05) is 25.6 Å². The number of esters is 1. The van der Waals surface area contributed by atoms with Crippen LogP contribution in [0.15, 0.2) is 9.64 Å². The van der Waals surface area contributed by atoms with Crippen molar-refractivity contribution in [3.63, 3.8) is 0 Å². The van der Waals surface area contributed by atoms with Crippen LogP contribution < -0.4 is 5.32 Å². The van der Waals surface area contributed by atoms with Gasteiger partial charge in [-0.2, -0.15) is 0 Å². The first-order valence-corrected chi connectivity index (χ1v) is 7.42. The summed E-state index contributed by atoms with van der Waals surface area (Å²) < 4.78 is 10.5. The minimum absolute atomic E-state index is 0.211. The first kappa shape index (κ1) is 16.0. The van der Waals surface area contributed by atoms with Crippen LogP contribution in [-0.4, -0.2) is 35.4 Å². The van der Waals surface area contributed by atoms with Gasteiger partial charge in [0, 0.05) is 11.8 Å². The lowest BCUT2D eigenvalue weighted by Gasteiger charge is -2.18. The van der Waals surface area contributed by atoms with E-state index < -0.39 is 0 Å². The van der Waals surface area contributed by atoms with Crippen molar-refractivity contribution in [3.05, 3.63) is 11.5 Å². The number of hydrogen-bond donors (Lipinski definition) is 1. The van der Waals surface area contributed by atoms with Crippen LogP contribution in [0.3, 0.4) is 0 Å². The highest BCUT2D eigenvalue weighted by Crippen LogP contribution is 2.21. The van der Waals surface area contributed by atoms with Crippen LogP contribution in [0, 0.1) is 13.8 Å². The van der Waals surface area contributed by atoms with Crippen molar-refractivity contribution in [1.82, 2.24) is 10.3 Å². The van der Waals surface area contributed by atoms with Gasteiger partial charge >= 0.3 is 5.97 Å². The third-order valence-electron chi connectivity index (χ3n) is 2.49. The molecule has 19 heavy (non-hydrogen) atoms. The van der Waals surface area contributed by atoms with E-state index in [1.165, 1.54) is 11.8 Å². The Labute approximate surface area is 118 Å². The molecule has 0 aliphatic rings. The highest BCUT2D eigenvalue weighted by molar-refractivity contribution is 7.99. The lowest BCUT2D eigenvalue weighted by atomic mass is 10.3. The zero-order valence-electron chi connectivity index (χ0n) is 12.1. The predicted molar refractivity (Wildman–Crippen MR) is 75.4 cm³/mol. The summed E-state index contributed by atoms with van der Waals surface area (Å²) in [7, 11) is 0. The van der Waals surface area contributed by atoms with E-state index in [1.54, 1.807) is 6.92 Å². The van der Waals surface area contributed by atoms with Gasteiger partial charge < -0.3 is 14.5 Å². The van der Waals surface area contributed by atoms with Gasteiger partial charge in [0.05, 0.1) is 12.3 Å². The van der Waals surface area contributed by atoms with Crippen LogP contribution in [0.2, 0.25) is 0 Å². The van der Waals surface area contributed by atoms with Gasteiger partial charge in [-0.05, 0) is 20.8 Å². The summed E-state index contributed by atoms with van der Waals surface area (Å²) >= 11 is 1.42. The number of rotatable bonds is 7. The largest absolute Gasteiger partial charge is 0.465 e. The molecule has 0 aliphatic heterocycles. The average molecular weight is 286 g/mol. The van der Waals surface area contributed by atoms with Gasteiger partial charge in [0.15, 0.2) is 0 Å². The lowest BCUT2D eigenvalue weighted by molar-refractivity contribution is -0.145. The van der Waals surface area contributed by atoms with Crippen molar-refractivity contribution in [1.29, 1.82) is 0 Å². The normalized spacial score (nSPS) is 12.7. The maximum absolute atomic E-state index is 11.8. The van der Waals surface area contributed by atoms with Gasteiger partial charge in [0.1, 0.15) is 11.8 Å². The lowest BCUT2D eigenvalue weighted by Crippen LogP contribution is -2.43. The number of carbonyl (C=O) groups excluding carboxylic acids is 1. The molecule has 1 aromatic rings. The van der Waals surface area contributed by atoms with Gasteiger partial charge in [-0.25, -0.2) is 4.98 Å². The minimum atomic E-state index is -0.350. The van der Waals surface area contributed by atoms with E-state index in [-0.39, 0.29) is 18.1 Å². The first-order valence-electron chi connectivity index (χ1n) is 6.43. The van der Waals surface area contributed by atoms with E-state index >= 15 is 0 Å². The molecule has 0 radical (unpaired) electrons. The Bertz CT molecular complexity index is 399. The maximum atomic E-state index is 11.8. The minimum Gasteiger partial charge on any atom is -0.465 e. The number of nitrogens with zero attached hydrogens (tertiary/aromatic N) is 1. The Morgan fingerprint density at radius 3 is 2.63 bits per heavy atom. The molecule has 108 valence electrons. The molecule has 1 N–H and O–H groups in total. The van der Waals surface area contributed by atoms with E-state index in [0.717, 1.165) is 11.5 Å². The first-order chi connectivity index (χ1) is 8.93. The van der Waals surface area contributed by atoms with E-state index in [4.69, 9.17) is 9.15 Å². The number of ether oxygens (including phenoxy) is 1. The second-order valence-electron chi connectivity index (χ2n) is 4.56. The second-order valence-corrected chi connectivity index (χ2v) is 5.53. The average Bonchev–Trinajstić information content (AvgIpc) is 2.64. The summed E-state index contributed by atoms with van der Waals surface area (Å²) in [6.07, 6.45) is 0. The van der Waals surface area contributed by atoms with E-state index in [9.17, 15) is 4.79 Å². The summed E-state index contributed by atoms with van der Waals surface area (Å²) in [5.41, 5.74) is 0.881. The summed E-state index contributed by atoms with van der Waals surface area (Å²) in [6.45, 7) is 9.96. The fraction of sp³-hybridized carbons (Fsp3) is 0.692. The summed E-state index contributed by atoms with van der Waals surface area (Å²) in [5.74, 6) is 1.12. The topological polar surface area (TPSA) is 64.4 Å². The van der Waals surface area contributed by atoms with Crippen molar-refractivity contribution >= 4 is 17.7 Å². The molecule has 0 saturated heterocycles. The SMILES string of the molecule is CCOC(=O)C(CSc1nc(C)c(C)o1)NC(C)C. The molecule has 1 atom stereocenters. The Morgan fingerprint density at radius 1 is 1.47 bits per heavy atom. The molecule has 0 spiro atoms. The predicted octanol–water partition coefficient (Wildman–Crippen LogP) is 2.31. The number of nitrogens with one attached hydrogen (secondary N) is 1. The molecule has 0 fully saturated rings. The summed E-state index contributed by atoms with van der Waals surface area (Å²) in [4.78, 5) is 16.1. The van der Waals surface area contributed by atoms with Crippen molar-refractivity contribution in [2.24, 2.45) is 0 Å². The molecule has 1 heterocycles. The van der Waals surface area contributed by atoms with Crippen molar-refractivity contribution in [2.75, 3.05) is 12.4 Å². The molecular formula is C13H22N2O3S. The molecule has 0 bridgehead atoms. The maximum Gasteiger partial charge on any atom is 0.324 e. The number of thioether (sulfide) groups is 1.